The molecular weight excluding hydrogens is 350 g/mol. The van der Waals surface area contributed by atoms with Crippen molar-refractivity contribution < 1.29 is 17.4 Å². The van der Waals surface area contributed by atoms with Gasteiger partial charge < -0.3 is 4.18 Å². The average Bonchev–Trinajstić information content (AvgIpc) is 2.88. The molecule has 0 aliphatic heterocycles. The molecule has 0 spiro atoms. The number of allylic oxidation sites excluding steroid dienone is 1. The van der Waals surface area contributed by atoms with E-state index < -0.39 is 10.3 Å². The summed E-state index contributed by atoms with van der Waals surface area (Å²) in [7, 11) is -4.02. The number of carbonyl (C=O) groups excluding carboxylic acids is 1. The molecule has 26 heavy (non-hydrogen) atoms. The Kier molecular flexibility index (Phi) is 3.87. The summed E-state index contributed by atoms with van der Waals surface area (Å²) in [5.41, 5.74) is 2.06. The van der Waals surface area contributed by atoms with Gasteiger partial charge in [0.15, 0.2) is 0 Å². The van der Waals surface area contributed by atoms with Crippen molar-refractivity contribution in [3.63, 3.8) is 0 Å². The summed E-state index contributed by atoms with van der Waals surface area (Å²) in [6, 6.07) is 5.44. The normalized spacial score (nSPS) is 36.0. The third-order valence-corrected chi connectivity index (χ3v) is 7.65. The molecule has 5 nitrogen and oxygen atoms in total. The number of benzene rings is 1. The summed E-state index contributed by atoms with van der Waals surface area (Å²) in [5.74, 6) is 1.32. The van der Waals surface area contributed by atoms with Crippen LogP contribution in [0.15, 0.2) is 30.9 Å². The van der Waals surface area contributed by atoms with Gasteiger partial charge in [-0.1, -0.05) is 19.1 Å². The summed E-state index contributed by atoms with van der Waals surface area (Å²) in [5, 5.41) is 4.98. The number of hydrogen-bond acceptors (Lipinski definition) is 4. The summed E-state index contributed by atoms with van der Waals surface area (Å²) in [6.07, 6.45) is 7.34. The van der Waals surface area contributed by atoms with E-state index in [-0.39, 0.29) is 16.6 Å². The van der Waals surface area contributed by atoms with Gasteiger partial charge in [0.1, 0.15) is 11.5 Å². The van der Waals surface area contributed by atoms with Gasteiger partial charge in [-0.2, -0.15) is 13.6 Å². The van der Waals surface area contributed by atoms with Crippen LogP contribution in [0.5, 0.6) is 5.75 Å². The largest absolute Gasteiger partial charge is 0.380 e. The van der Waals surface area contributed by atoms with Gasteiger partial charge in [0.2, 0.25) is 0 Å². The SMILES string of the molecule is C=C[C@@]12CCc3cc(OS(N)(=O)=O)ccc3[C@H]1CC[C@]1(C)C(=O)CC[C@@H]21. The first-order valence-electron chi connectivity index (χ1n) is 9.21. The predicted molar refractivity (Wildman–Crippen MR) is 98.9 cm³/mol. The van der Waals surface area contributed by atoms with Crippen LogP contribution in [0, 0.1) is 16.7 Å². The van der Waals surface area contributed by atoms with E-state index in [1.165, 1.54) is 5.56 Å². The maximum Gasteiger partial charge on any atom is 0.380 e. The van der Waals surface area contributed by atoms with Crippen LogP contribution in [0.2, 0.25) is 0 Å². The van der Waals surface area contributed by atoms with Crippen molar-refractivity contribution in [2.45, 2.75) is 51.4 Å². The predicted octanol–water partition coefficient (Wildman–Crippen LogP) is 3.25. The van der Waals surface area contributed by atoms with Crippen molar-refractivity contribution in [2.24, 2.45) is 21.9 Å². The van der Waals surface area contributed by atoms with Crippen LogP contribution in [-0.4, -0.2) is 14.2 Å². The number of aryl methyl sites for hydroxylation is 1. The highest BCUT2D eigenvalue weighted by molar-refractivity contribution is 7.84. The van der Waals surface area contributed by atoms with Crippen LogP contribution in [-0.2, 0) is 21.5 Å². The van der Waals surface area contributed by atoms with Crippen LogP contribution in [0.3, 0.4) is 0 Å². The molecule has 4 rings (SSSR count). The molecule has 3 aliphatic rings. The molecule has 140 valence electrons. The molecule has 2 N–H and O–H groups in total. The minimum Gasteiger partial charge on any atom is -0.371 e. The molecule has 3 aliphatic carbocycles. The lowest BCUT2D eigenvalue weighted by Crippen LogP contribution is -2.49. The quantitative estimate of drug-likeness (QED) is 0.822. The molecule has 0 saturated heterocycles. The Morgan fingerprint density at radius 1 is 1.27 bits per heavy atom. The zero-order valence-electron chi connectivity index (χ0n) is 15.0. The Morgan fingerprint density at radius 2 is 2.04 bits per heavy atom. The van der Waals surface area contributed by atoms with E-state index >= 15 is 0 Å². The first kappa shape index (κ1) is 17.7. The molecule has 1 aromatic rings. The Labute approximate surface area is 154 Å². The fourth-order valence-corrected chi connectivity index (χ4v) is 6.43. The molecular formula is C20H25NO4S. The molecule has 2 saturated carbocycles. The van der Waals surface area contributed by atoms with Crippen LogP contribution < -0.4 is 9.32 Å². The highest BCUT2D eigenvalue weighted by Crippen LogP contribution is 2.66. The number of fused-ring (bicyclic) bond motifs is 5. The van der Waals surface area contributed by atoms with Gasteiger partial charge in [-0.05, 0) is 72.6 Å². The van der Waals surface area contributed by atoms with Crippen LogP contribution in [0.4, 0.5) is 0 Å². The fourth-order valence-electron chi connectivity index (χ4n) is 6.06. The molecule has 0 radical (unpaired) electrons. The number of nitrogens with two attached hydrogens (primary N) is 1. The lowest BCUT2D eigenvalue weighted by molar-refractivity contribution is -0.131. The average molecular weight is 375 g/mol. The maximum atomic E-state index is 12.6. The fraction of sp³-hybridized carbons (Fsp3) is 0.550. The van der Waals surface area contributed by atoms with Crippen molar-refractivity contribution >= 4 is 16.1 Å². The summed E-state index contributed by atoms with van der Waals surface area (Å²) >= 11 is 0. The lowest BCUT2D eigenvalue weighted by Gasteiger charge is -2.56. The Bertz CT molecular complexity index is 893. The summed E-state index contributed by atoms with van der Waals surface area (Å²) in [4.78, 5) is 12.6. The van der Waals surface area contributed by atoms with Gasteiger partial charge >= 0.3 is 10.3 Å². The summed E-state index contributed by atoms with van der Waals surface area (Å²) in [6.45, 7) is 6.33. The van der Waals surface area contributed by atoms with E-state index in [4.69, 9.17) is 9.32 Å². The van der Waals surface area contributed by atoms with Gasteiger partial charge in [-0.15, -0.1) is 6.58 Å². The molecule has 1 aromatic carbocycles. The molecule has 6 heteroatoms. The van der Waals surface area contributed by atoms with Crippen molar-refractivity contribution in [2.75, 3.05) is 0 Å². The monoisotopic (exact) mass is 375 g/mol. The first-order valence-corrected chi connectivity index (χ1v) is 10.7. The van der Waals surface area contributed by atoms with E-state index in [1.54, 1.807) is 12.1 Å². The second-order valence-corrected chi connectivity index (χ2v) is 9.43. The highest BCUT2D eigenvalue weighted by atomic mass is 32.2. The van der Waals surface area contributed by atoms with E-state index in [1.807, 2.05) is 6.07 Å². The van der Waals surface area contributed by atoms with Crippen molar-refractivity contribution in [3.8, 4) is 5.75 Å². The minimum absolute atomic E-state index is 0.0610. The lowest BCUT2D eigenvalue weighted by atomic mass is 9.47. The first-order chi connectivity index (χ1) is 12.2. The zero-order chi connectivity index (χ0) is 18.7. The minimum atomic E-state index is -4.02. The Balaban J connectivity index is 1.75. The standard InChI is InChI=1S/C20H25NO4S/c1-3-20-11-8-13-12-14(25-26(21,23)24)4-5-15(13)16(20)9-10-19(2)17(20)6-7-18(19)22/h3-5,12,16-17H,1,6-11H2,2H3,(H2,21,23,24)/t16-,17-,19+,20-/m1/s1. The van der Waals surface area contributed by atoms with E-state index in [2.05, 4.69) is 19.6 Å². The number of ketones is 1. The van der Waals surface area contributed by atoms with Gasteiger partial charge in [-0.25, -0.2) is 0 Å². The molecule has 0 heterocycles. The van der Waals surface area contributed by atoms with Crippen molar-refractivity contribution in [3.05, 3.63) is 42.0 Å². The van der Waals surface area contributed by atoms with Crippen LogP contribution >= 0.6 is 0 Å². The number of carbonyl (C=O) groups is 1. The molecule has 0 amide bonds. The third kappa shape index (κ3) is 2.46. The molecule has 0 bridgehead atoms. The number of hydrogen-bond donors (Lipinski definition) is 1. The highest BCUT2D eigenvalue weighted by Gasteiger charge is 2.60. The number of rotatable bonds is 3. The summed E-state index contributed by atoms with van der Waals surface area (Å²) < 4.78 is 27.2. The van der Waals surface area contributed by atoms with Crippen molar-refractivity contribution in [1.82, 2.24) is 0 Å². The number of Topliss-reactive ketones (excluding diaryl/α,β-unsaturated/α-hetero) is 1. The third-order valence-electron chi connectivity index (χ3n) is 7.23. The van der Waals surface area contributed by atoms with Crippen molar-refractivity contribution in [1.29, 1.82) is 0 Å². The second kappa shape index (κ2) is 5.67. The van der Waals surface area contributed by atoms with E-state index in [0.717, 1.165) is 37.7 Å². The topological polar surface area (TPSA) is 86.5 Å². The Morgan fingerprint density at radius 3 is 2.73 bits per heavy atom. The smallest absolute Gasteiger partial charge is 0.371 e. The van der Waals surface area contributed by atoms with Gasteiger partial charge in [0.05, 0.1) is 0 Å². The van der Waals surface area contributed by atoms with Gasteiger partial charge in [-0.3, -0.25) is 4.79 Å². The van der Waals surface area contributed by atoms with Crippen LogP contribution in [0.25, 0.3) is 0 Å². The maximum absolute atomic E-state index is 12.6. The van der Waals surface area contributed by atoms with E-state index in [0.29, 0.717) is 24.0 Å². The zero-order valence-corrected chi connectivity index (χ0v) is 15.8. The van der Waals surface area contributed by atoms with Gasteiger partial charge in [0.25, 0.3) is 0 Å². The molecule has 0 aromatic heterocycles. The van der Waals surface area contributed by atoms with Crippen LogP contribution in [0.1, 0.15) is 56.1 Å². The van der Waals surface area contributed by atoms with Gasteiger partial charge in [0, 0.05) is 11.8 Å². The Hall–Kier alpha value is -1.66. The second-order valence-electron chi connectivity index (χ2n) is 8.28. The molecule has 0 unspecified atom stereocenters. The molecule has 4 atom stereocenters. The molecule has 2 fully saturated rings. The van der Waals surface area contributed by atoms with E-state index in [9.17, 15) is 13.2 Å².